The third kappa shape index (κ3) is 3.03. The predicted molar refractivity (Wildman–Crippen MR) is 104 cm³/mol. The van der Waals surface area contributed by atoms with E-state index in [2.05, 4.69) is 17.0 Å². The number of ether oxygens (including phenoxy) is 1. The number of nitrogens with zero attached hydrogens (tertiary/aromatic N) is 2. The lowest BCUT2D eigenvalue weighted by Gasteiger charge is -2.23. The summed E-state index contributed by atoms with van der Waals surface area (Å²) in [7, 11) is -3.56. The molecule has 6 heteroatoms. The lowest BCUT2D eigenvalue weighted by atomic mass is 10.1. The van der Waals surface area contributed by atoms with Gasteiger partial charge in [0.05, 0.1) is 17.2 Å². The average molecular weight is 372 g/mol. The molecular weight excluding hydrogens is 348 g/mol. The Balaban J connectivity index is 1.65. The van der Waals surface area contributed by atoms with Crippen molar-refractivity contribution in [1.82, 2.24) is 0 Å². The fourth-order valence-electron chi connectivity index (χ4n) is 3.76. The lowest BCUT2D eigenvalue weighted by molar-refractivity contribution is 0.340. The van der Waals surface area contributed by atoms with E-state index in [0.29, 0.717) is 23.8 Å². The molecule has 0 spiro atoms. The molecule has 2 aliphatic heterocycles. The van der Waals surface area contributed by atoms with Crippen LogP contribution in [0, 0.1) is 0 Å². The van der Waals surface area contributed by atoms with E-state index in [9.17, 15) is 8.42 Å². The molecule has 0 N–H and O–H groups in total. The first-order valence-electron chi connectivity index (χ1n) is 9.23. The van der Waals surface area contributed by atoms with E-state index in [0.717, 1.165) is 36.4 Å². The second kappa shape index (κ2) is 6.83. The maximum Gasteiger partial charge on any atom is 0.264 e. The van der Waals surface area contributed by atoms with E-state index in [1.165, 1.54) is 12.8 Å². The van der Waals surface area contributed by atoms with Crippen molar-refractivity contribution in [3.05, 3.63) is 48.0 Å². The smallest absolute Gasteiger partial charge is 0.264 e. The van der Waals surface area contributed by atoms with Crippen LogP contribution in [0.3, 0.4) is 0 Å². The zero-order chi connectivity index (χ0) is 18.1. The van der Waals surface area contributed by atoms with Crippen LogP contribution in [0.2, 0.25) is 0 Å². The topological polar surface area (TPSA) is 49.9 Å². The minimum Gasteiger partial charge on any atom is -0.494 e. The molecule has 26 heavy (non-hydrogen) atoms. The van der Waals surface area contributed by atoms with Crippen molar-refractivity contribution in [2.45, 2.75) is 31.1 Å². The molecule has 1 saturated heterocycles. The van der Waals surface area contributed by atoms with Gasteiger partial charge < -0.3 is 9.64 Å². The average Bonchev–Trinajstić information content (AvgIpc) is 3.32. The fourth-order valence-corrected chi connectivity index (χ4v) is 5.26. The molecule has 4 rings (SSSR count). The SMILES string of the molecule is CCOc1ccc(S(=O)(=O)N2CCc3ccc(N4CCCC4)cc32)cc1. The minimum absolute atomic E-state index is 0.306. The molecule has 0 radical (unpaired) electrons. The Labute approximate surface area is 155 Å². The van der Waals surface area contributed by atoms with Gasteiger partial charge in [-0.15, -0.1) is 0 Å². The van der Waals surface area contributed by atoms with Gasteiger partial charge in [-0.05, 0) is 68.1 Å². The summed E-state index contributed by atoms with van der Waals surface area (Å²) in [5, 5.41) is 0. The molecule has 1 fully saturated rings. The summed E-state index contributed by atoms with van der Waals surface area (Å²) in [5.74, 6) is 0.685. The van der Waals surface area contributed by atoms with Gasteiger partial charge in [0.2, 0.25) is 0 Å². The van der Waals surface area contributed by atoms with Crippen LogP contribution in [0.1, 0.15) is 25.3 Å². The Morgan fingerprint density at radius 1 is 1.00 bits per heavy atom. The van der Waals surface area contributed by atoms with Crippen LogP contribution in [0.25, 0.3) is 0 Å². The normalized spacial score (nSPS) is 16.8. The highest BCUT2D eigenvalue weighted by Crippen LogP contribution is 2.36. The number of benzene rings is 2. The Hall–Kier alpha value is -2.21. The van der Waals surface area contributed by atoms with Crippen LogP contribution in [0.4, 0.5) is 11.4 Å². The van der Waals surface area contributed by atoms with Crippen molar-refractivity contribution in [2.24, 2.45) is 0 Å². The highest BCUT2D eigenvalue weighted by Gasteiger charge is 2.31. The number of fused-ring (bicyclic) bond motifs is 1. The van der Waals surface area contributed by atoms with Gasteiger partial charge in [-0.25, -0.2) is 8.42 Å². The number of anilines is 2. The van der Waals surface area contributed by atoms with E-state index in [1.807, 2.05) is 13.0 Å². The van der Waals surface area contributed by atoms with Gasteiger partial charge >= 0.3 is 0 Å². The molecular formula is C20H24N2O3S. The molecule has 0 bridgehead atoms. The number of hydrogen-bond donors (Lipinski definition) is 0. The maximum atomic E-state index is 13.2. The monoisotopic (exact) mass is 372 g/mol. The van der Waals surface area contributed by atoms with Crippen molar-refractivity contribution in [1.29, 1.82) is 0 Å². The van der Waals surface area contributed by atoms with Crippen molar-refractivity contribution in [3.63, 3.8) is 0 Å². The molecule has 0 amide bonds. The van der Waals surface area contributed by atoms with Gasteiger partial charge in [-0.3, -0.25) is 4.31 Å². The molecule has 0 aromatic heterocycles. The summed E-state index contributed by atoms with van der Waals surface area (Å²) < 4.78 is 33.3. The van der Waals surface area contributed by atoms with Crippen molar-refractivity contribution >= 4 is 21.4 Å². The van der Waals surface area contributed by atoms with Gasteiger partial charge in [0.25, 0.3) is 10.0 Å². The van der Waals surface area contributed by atoms with Gasteiger partial charge in [0.1, 0.15) is 5.75 Å². The first kappa shape index (κ1) is 17.2. The van der Waals surface area contributed by atoms with Crippen LogP contribution >= 0.6 is 0 Å². The summed E-state index contributed by atoms with van der Waals surface area (Å²) in [5.41, 5.74) is 3.04. The summed E-state index contributed by atoms with van der Waals surface area (Å²) in [6.45, 7) is 5.05. The van der Waals surface area contributed by atoms with E-state index >= 15 is 0 Å². The Kier molecular flexibility index (Phi) is 4.53. The summed E-state index contributed by atoms with van der Waals surface area (Å²) in [4.78, 5) is 2.64. The Morgan fingerprint density at radius 2 is 1.73 bits per heavy atom. The first-order valence-corrected chi connectivity index (χ1v) is 10.7. The molecule has 5 nitrogen and oxygen atoms in total. The molecule has 0 unspecified atom stereocenters. The first-order chi connectivity index (χ1) is 12.6. The number of rotatable bonds is 5. The Bertz CT molecular complexity index is 888. The molecule has 2 aromatic rings. The van der Waals surface area contributed by atoms with Crippen LogP contribution in [-0.2, 0) is 16.4 Å². The van der Waals surface area contributed by atoms with Gasteiger partial charge in [0, 0.05) is 25.3 Å². The molecule has 0 atom stereocenters. The number of hydrogen-bond acceptors (Lipinski definition) is 4. The standard InChI is InChI=1S/C20H24N2O3S/c1-2-25-18-7-9-19(10-8-18)26(23,24)22-14-11-16-5-6-17(15-20(16)22)21-12-3-4-13-21/h5-10,15H,2-4,11-14H2,1H3. The van der Waals surface area contributed by atoms with Crippen molar-refractivity contribution in [2.75, 3.05) is 35.4 Å². The third-order valence-corrected chi connectivity index (χ3v) is 6.94. The number of sulfonamides is 1. The zero-order valence-electron chi connectivity index (χ0n) is 15.0. The van der Waals surface area contributed by atoms with Gasteiger partial charge in [-0.2, -0.15) is 0 Å². The van der Waals surface area contributed by atoms with E-state index in [-0.39, 0.29) is 0 Å². The summed E-state index contributed by atoms with van der Waals surface area (Å²) in [6.07, 6.45) is 3.16. The molecule has 138 valence electrons. The van der Waals surface area contributed by atoms with Crippen LogP contribution in [0.5, 0.6) is 5.75 Å². The molecule has 0 saturated carbocycles. The highest BCUT2D eigenvalue weighted by atomic mass is 32.2. The Morgan fingerprint density at radius 3 is 2.42 bits per heavy atom. The van der Waals surface area contributed by atoms with E-state index in [4.69, 9.17) is 4.74 Å². The third-order valence-electron chi connectivity index (χ3n) is 5.12. The minimum atomic E-state index is -3.56. The molecule has 2 aliphatic rings. The second-order valence-corrected chi connectivity index (χ2v) is 8.60. The largest absolute Gasteiger partial charge is 0.494 e. The zero-order valence-corrected chi connectivity index (χ0v) is 15.8. The summed E-state index contributed by atoms with van der Waals surface area (Å²) in [6, 6.07) is 12.9. The van der Waals surface area contributed by atoms with Crippen molar-refractivity contribution in [3.8, 4) is 5.75 Å². The molecule has 0 aliphatic carbocycles. The van der Waals surface area contributed by atoms with Crippen LogP contribution in [-0.4, -0.2) is 34.7 Å². The van der Waals surface area contributed by atoms with Gasteiger partial charge in [0.15, 0.2) is 0 Å². The van der Waals surface area contributed by atoms with E-state index < -0.39 is 10.0 Å². The summed E-state index contributed by atoms with van der Waals surface area (Å²) >= 11 is 0. The van der Waals surface area contributed by atoms with Gasteiger partial charge in [-0.1, -0.05) is 6.07 Å². The van der Waals surface area contributed by atoms with Crippen molar-refractivity contribution < 1.29 is 13.2 Å². The van der Waals surface area contributed by atoms with Crippen LogP contribution < -0.4 is 13.9 Å². The van der Waals surface area contributed by atoms with Crippen LogP contribution in [0.15, 0.2) is 47.4 Å². The lowest BCUT2D eigenvalue weighted by Crippen LogP contribution is -2.29. The van der Waals surface area contributed by atoms with E-state index in [1.54, 1.807) is 28.6 Å². The molecule has 2 aromatic carbocycles. The predicted octanol–water partition coefficient (Wildman–Crippen LogP) is 3.44. The molecule has 2 heterocycles. The fraction of sp³-hybridized carbons (Fsp3) is 0.400. The highest BCUT2D eigenvalue weighted by molar-refractivity contribution is 7.92. The maximum absolute atomic E-state index is 13.2. The second-order valence-electron chi connectivity index (χ2n) is 6.74. The quantitative estimate of drug-likeness (QED) is 0.807.